The van der Waals surface area contributed by atoms with E-state index in [1.807, 2.05) is 26.0 Å². The SMILES string of the molecule is COc1ccc(N)cc1C(=O)c1cc(C)c(OC)c(C)c1. The molecule has 0 atom stereocenters. The fourth-order valence-electron chi connectivity index (χ4n) is 2.46. The van der Waals surface area contributed by atoms with Crippen molar-refractivity contribution >= 4 is 11.5 Å². The van der Waals surface area contributed by atoms with Gasteiger partial charge in [-0.1, -0.05) is 0 Å². The van der Waals surface area contributed by atoms with E-state index in [0.717, 1.165) is 16.9 Å². The fourth-order valence-corrected chi connectivity index (χ4v) is 2.46. The van der Waals surface area contributed by atoms with Gasteiger partial charge in [-0.05, 0) is 55.3 Å². The van der Waals surface area contributed by atoms with E-state index in [1.165, 1.54) is 7.11 Å². The van der Waals surface area contributed by atoms with Gasteiger partial charge in [-0.15, -0.1) is 0 Å². The maximum Gasteiger partial charge on any atom is 0.196 e. The molecular weight excluding hydrogens is 266 g/mol. The summed E-state index contributed by atoms with van der Waals surface area (Å²) in [5, 5.41) is 0. The summed E-state index contributed by atoms with van der Waals surface area (Å²) in [6, 6.07) is 8.68. The van der Waals surface area contributed by atoms with Gasteiger partial charge in [0.25, 0.3) is 0 Å². The average molecular weight is 285 g/mol. The maximum atomic E-state index is 12.7. The molecule has 0 aromatic heterocycles. The van der Waals surface area contributed by atoms with Crippen LogP contribution in [0.3, 0.4) is 0 Å². The molecule has 0 saturated heterocycles. The lowest BCUT2D eigenvalue weighted by molar-refractivity contribution is 0.103. The third-order valence-electron chi connectivity index (χ3n) is 3.39. The molecule has 0 spiro atoms. The van der Waals surface area contributed by atoms with Crippen molar-refractivity contribution < 1.29 is 14.3 Å². The molecule has 0 aliphatic carbocycles. The Bertz CT molecular complexity index is 669. The summed E-state index contributed by atoms with van der Waals surface area (Å²) in [6.07, 6.45) is 0. The zero-order valence-electron chi connectivity index (χ0n) is 12.7. The second kappa shape index (κ2) is 5.87. The summed E-state index contributed by atoms with van der Waals surface area (Å²) < 4.78 is 10.6. The molecule has 0 radical (unpaired) electrons. The number of carbonyl (C=O) groups excluding carboxylic acids is 1. The van der Waals surface area contributed by atoms with Crippen molar-refractivity contribution in [2.45, 2.75) is 13.8 Å². The molecule has 2 aromatic carbocycles. The van der Waals surface area contributed by atoms with Crippen molar-refractivity contribution in [3.63, 3.8) is 0 Å². The van der Waals surface area contributed by atoms with Gasteiger partial charge in [0.15, 0.2) is 5.78 Å². The average Bonchev–Trinajstić information content (AvgIpc) is 2.46. The first-order valence-corrected chi connectivity index (χ1v) is 6.61. The number of ketones is 1. The van der Waals surface area contributed by atoms with Crippen LogP contribution in [0.2, 0.25) is 0 Å². The van der Waals surface area contributed by atoms with Crippen molar-refractivity contribution in [1.29, 1.82) is 0 Å². The standard InChI is InChI=1S/C17H19NO3/c1-10-7-12(8-11(2)17(10)21-4)16(19)14-9-13(18)5-6-15(14)20-3/h5-9H,18H2,1-4H3. The highest BCUT2D eigenvalue weighted by molar-refractivity contribution is 6.11. The number of methoxy groups -OCH3 is 2. The van der Waals surface area contributed by atoms with E-state index >= 15 is 0 Å². The molecule has 0 aliphatic heterocycles. The number of hydrogen-bond acceptors (Lipinski definition) is 4. The van der Waals surface area contributed by atoms with Gasteiger partial charge >= 0.3 is 0 Å². The van der Waals surface area contributed by atoms with Crippen LogP contribution in [0.5, 0.6) is 11.5 Å². The Kier molecular flexibility index (Phi) is 4.17. The number of hydrogen-bond donors (Lipinski definition) is 1. The van der Waals surface area contributed by atoms with E-state index in [0.29, 0.717) is 22.6 Å². The van der Waals surface area contributed by atoms with E-state index < -0.39 is 0 Å². The zero-order chi connectivity index (χ0) is 15.6. The van der Waals surface area contributed by atoms with E-state index in [1.54, 1.807) is 25.3 Å². The number of anilines is 1. The minimum Gasteiger partial charge on any atom is -0.496 e. The lowest BCUT2D eigenvalue weighted by atomic mass is 9.97. The first kappa shape index (κ1) is 14.9. The van der Waals surface area contributed by atoms with Gasteiger partial charge in [-0.2, -0.15) is 0 Å². The molecule has 0 fully saturated rings. The molecule has 0 aliphatic rings. The predicted octanol–water partition coefficient (Wildman–Crippen LogP) is 3.13. The molecule has 0 unspecified atom stereocenters. The lowest BCUT2D eigenvalue weighted by Gasteiger charge is -2.12. The Balaban J connectivity index is 2.53. The van der Waals surface area contributed by atoms with Crippen LogP contribution >= 0.6 is 0 Å². The molecular formula is C17H19NO3. The third kappa shape index (κ3) is 2.84. The predicted molar refractivity (Wildman–Crippen MR) is 83.3 cm³/mol. The van der Waals surface area contributed by atoms with Gasteiger partial charge < -0.3 is 15.2 Å². The Morgan fingerprint density at radius 3 is 2.14 bits per heavy atom. The second-order valence-electron chi connectivity index (χ2n) is 4.93. The van der Waals surface area contributed by atoms with Crippen LogP contribution in [0, 0.1) is 13.8 Å². The number of aryl methyl sites for hydroxylation is 2. The summed E-state index contributed by atoms with van der Waals surface area (Å²) >= 11 is 0. The first-order valence-electron chi connectivity index (χ1n) is 6.61. The summed E-state index contributed by atoms with van der Waals surface area (Å²) in [5.74, 6) is 1.19. The highest BCUT2D eigenvalue weighted by Gasteiger charge is 2.17. The Labute approximate surface area is 124 Å². The number of carbonyl (C=O) groups is 1. The van der Waals surface area contributed by atoms with Gasteiger partial charge in [0.05, 0.1) is 19.8 Å². The largest absolute Gasteiger partial charge is 0.496 e. The van der Waals surface area contributed by atoms with Crippen molar-refractivity contribution in [2.75, 3.05) is 20.0 Å². The van der Waals surface area contributed by atoms with Crippen LogP contribution in [0.1, 0.15) is 27.0 Å². The lowest BCUT2D eigenvalue weighted by Crippen LogP contribution is -2.06. The normalized spacial score (nSPS) is 10.3. The number of nitrogens with two attached hydrogens (primary N) is 1. The molecule has 21 heavy (non-hydrogen) atoms. The van der Waals surface area contributed by atoms with Crippen molar-refractivity contribution in [2.24, 2.45) is 0 Å². The summed E-state index contributed by atoms with van der Waals surface area (Å²) in [4.78, 5) is 12.7. The van der Waals surface area contributed by atoms with E-state index in [-0.39, 0.29) is 5.78 Å². The second-order valence-corrected chi connectivity index (χ2v) is 4.93. The van der Waals surface area contributed by atoms with E-state index in [9.17, 15) is 4.79 Å². The van der Waals surface area contributed by atoms with Crippen molar-refractivity contribution in [3.05, 3.63) is 52.6 Å². The van der Waals surface area contributed by atoms with Crippen molar-refractivity contribution in [3.8, 4) is 11.5 Å². The number of ether oxygens (including phenoxy) is 2. The molecule has 2 N–H and O–H groups in total. The summed E-state index contributed by atoms with van der Waals surface area (Å²) in [5.41, 5.74) is 9.20. The Hall–Kier alpha value is -2.49. The quantitative estimate of drug-likeness (QED) is 0.692. The van der Waals surface area contributed by atoms with Gasteiger partial charge in [-0.3, -0.25) is 4.79 Å². The van der Waals surface area contributed by atoms with Crippen LogP contribution in [0.4, 0.5) is 5.69 Å². The summed E-state index contributed by atoms with van der Waals surface area (Å²) in [7, 11) is 3.16. The molecule has 0 amide bonds. The fraction of sp³-hybridized carbons (Fsp3) is 0.235. The van der Waals surface area contributed by atoms with Gasteiger partial charge in [0.2, 0.25) is 0 Å². The highest BCUT2D eigenvalue weighted by atomic mass is 16.5. The van der Waals surface area contributed by atoms with Crippen LogP contribution in [-0.2, 0) is 0 Å². The molecule has 2 aromatic rings. The molecule has 2 rings (SSSR count). The molecule has 0 bridgehead atoms. The molecule has 4 nitrogen and oxygen atoms in total. The van der Waals surface area contributed by atoms with Crippen molar-refractivity contribution in [1.82, 2.24) is 0 Å². The van der Waals surface area contributed by atoms with E-state index in [4.69, 9.17) is 15.2 Å². The number of nitrogen functional groups attached to an aromatic ring is 1. The maximum absolute atomic E-state index is 12.7. The smallest absolute Gasteiger partial charge is 0.196 e. The van der Waals surface area contributed by atoms with Gasteiger partial charge in [0, 0.05) is 11.3 Å². The van der Waals surface area contributed by atoms with Crippen LogP contribution in [-0.4, -0.2) is 20.0 Å². The van der Waals surface area contributed by atoms with Gasteiger partial charge in [0.1, 0.15) is 11.5 Å². The third-order valence-corrected chi connectivity index (χ3v) is 3.39. The van der Waals surface area contributed by atoms with E-state index in [2.05, 4.69) is 0 Å². The topological polar surface area (TPSA) is 61.5 Å². The van der Waals surface area contributed by atoms with Crippen LogP contribution < -0.4 is 15.2 Å². The van der Waals surface area contributed by atoms with Crippen LogP contribution in [0.15, 0.2) is 30.3 Å². The first-order chi connectivity index (χ1) is 9.97. The Morgan fingerprint density at radius 1 is 1.00 bits per heavy atom. The molecule has 110 valence electrons. The number of rotatable bonds is 4. The minimum atomic E-state index is -0.118. The molecule has 0 saturated carbocycles. The monoisotopic (exact) mass is 285 g/mol. The zero-order valence-corrected chi connectivity index (χ0v) is 12.7. The Morgan fingerprint density at radius 2 is 1.62 bits per heavy atom. The molecule has 4 heteroatoms. The minimum absolute atomic E-state index is 0.118. The number of benzene rings is 2. The summed E-state index contributed by atoms with van der Waals surface area (Å²) in [6.45, 7) is 3.83. The highest BCUT2D eigenvalue weighted by Crippen LogP contribution is 2.28. The van der Waals surface area contributed by atoms with Crippen LogP contribution in [0.25, 0.3) is 0 Å². The molecule has 0 heterocycles. The van der Waals surface area contributed by atoms with Gasteiger partial charge in [-0.25, -0.2) is 0 Å².